The highest BCUT2D eigenvalue weighted by Crippen LogP contribution is 2.18. The van der Waals surface area contributed by atoms with E-state index in [1.807, 2.05) is 12.1 Å². The number of carbonyl (C=O) groups excluding carboxylic acids is 2. The lowest BCUT2D eigenvalue weighted by molar-refractivity contribution is -0.143. The molecule has 0 aliphatic carbocycles. The molecule has 0 aromatic heterocycles. The molecule has 0 amide bonds. The SMILES string of the molecule is CCOC(=O)CCc1ccc(C(=O)OCC)c(CBr)c1. The third kappa shape index (κ3) is 4.96. The number of hydrogen-bond acceptors (Lipinski definition) is 4. The van der Waals surface area contributed by atoms with Gasteiger partial charge in [-0.25, -0.2) is 4.79 Å². The van der Waals surface area contributed by atoms with Gasteiger partial charge in [-0.15, -0.1) is 0 Å². The lowest BCUT2D eigenvalue weighted by atomic mass is 10.0. The van der Waals surface area contributed by atoms with Crippen LogP contribution in [0.2, 0.25) is 0 Å². The second kappa shape index (κ2) is 8.74. The topological polar surface area (TPSA) is 52.6 Å². The monoisotopic (exact) mass is 342 g/mol. The number of benzene rings is 1. The van der Waals surface area contributed by atoms with E-state index in [0.29, 0.717) is 36.9 Å². The quantitative estimate of drug-likeness (QED) is 0.563. The highest BCUT2D eigenvalue weighted by atomic mass is 79.9. The van der Waals surface area contributed by atoms with Crippen LogP contribution in [0, 0.1) is 0 Å². The van der Waals surface area contributed by atoms with Gasteiger partial charge in [-0.2, -0.15) is 0 Å². The minimum Gasteiger partial charge on any atom is -0.466 e. The lowest BCUT2D eigenvalue weighted by Crippen LogP contribution is -2.09. The largest absolute Gasteiger partial charge is 0.466 e. The van der Waals surface area contributed by atoms with Crippen molar-refractivity contribution in [3.63, 3.8) is 0 Å². The van der Waals surface area contributed by atoms with Crippen LogP contribution in [0.15, 0.2) is 18.2 Å². The van der Waals surface area contributed by atoms with E-state index in [1.54, 1.807) is 19.9 Å². The number of hydrogen-bond donors (Lipinski definition) is 0. The Bertz CT molecular complexity index is 471. The molecule has 110 valence electrons. The fourth-order valence-corrected chi connectivity index (χ4v) is 2.26. The Morgan fingerprint density at radius 2 is 1.85 bits per heavy atom. The molecule has 20 heavy (non-hydrogen) atoms. The Morgan fingerprint density at radius 3 is 2.45 bits per heavy atom. The number of aryl methyl sites for hydroxylation is 1. The van der Waals surface area contributed by atoms with Crippen LogP contribution in [0.3, 0.4) is 0 Å². The van der Waals surface area contributed by atoms with Crippen LogP contribution in [-0.4, -0.2) is 25.2 Å². The number of rotatable bonds is 7. The zero-order chi connectivity index (χ0) is 15.0. The van der Waals surface area contributed by atoms with Gasteiger partial charge in [0.1, 0.15) is 0 Å². The van der Waals surface area contributed by atoms with Gasteiger partial charge in [0, 0.05) is 11.8 Å². The number of esters is 2. The van der Waals surface area contributed by atoms with E-state index in [4.69, 9.17) is 9.47 Å². The molecule has 0 saturated heterocycles. The number of ether oxygens (including phenoxy) is 2. The summed E-state index contributed by atoms with van der Waals surface area (Å²) in [5.41, 5.74) is 2.42. The maximum Gasteiger partial charge on any atom is 0.338 e. The predicted molar refractivity (Wildman–Crippen MR) is 80.0 cm³/mol. The second-order valence-corrected chi connectivity index (χ2v) is 4.71. The fraction of sp³-hybridized carbons (Fsp3) is 0.467. The first kappa shape index (κ1) is 16.7. The molecule has 0 spiro atoms. The maximum absolute atomic E-state index is 11.8. The van der Waals surface area contributed by atoms with E-state index < -0.39 is 0 Å². The molecule has 0 radical (unpaired) electrons. The highest BCUT2D eigenvalue weighted by molar-refractivity contribution is 9.08. The van der Waals surface area contributed by atoms with E-state index in [9.17, 15) is 9.59 Å². The van der Waals surface area contributed by atoms with E-state index in [-0.39, 0.29) is 11.9 Å². The molecule has 0 saturated carbocycles. The smallest absolute Gasteiger partial charge is 0.338 e. The predicted octanol–water partition coefficient (Wildman–Crippen LogP) is 3.25. The molecule has 1 aromatic carbocycles. The molecule has 1 rings (SSSR count). The van der Waals surface area contributed by atoms with Crippen LogP contribution < -0.4 is 0 Å². The van der Waals surface area contributed by atoms with Gasteiger partial charge in [0.2, 0.25) is 0 Å². The molecule has 0 N–H and O–H groups in total. The third-order valence-electron chi connectivity index (χ3n) is 2.73. The zero-order valence-electron chi connectivity index (χ0n) is 11.8. The summed E-state index contributed by atoms with van der Waals surface area (Å²) in [7, 11) is 0. The van der Waals surface area contributed by atoms with Gasteiger partial charge in [0.25, 0.3) is 0 Å². The van der Waals surface area contributed by atoms with E-state index in [2.05, 4.69) is 15.9 Å². The molecule has 0 bridgehead atoms. The van der Waals surface area contributed by atoms with Crippen molar-refractivity contribution in [3.05, 3.63) is 34.9 Å². The number of alkyl halides is 1. The van der Waals surface area contributed by atoms with Crippen LogP contribution in [0.25, 0.3) is 0 Å². The van der Waals surface area contributed by atoms with Gasteiger partial charge in [0.05, 0.1) is 18.8 Å². The summed E-state index contributed by atoms with van der Waals surface area (Å²) < 4.78 is 9.90. The van der Waals surface area contributed by atoms with Crippen LogP contribution in [0.5, 0.6) is 0 Å². The summed E-state index contributed by atoms with van der Waals surface area (Å²) in [6.45, 7) is 4.31. The van der Waals surface area contributed by atoms with Crippen molar-refractivity contribution in [2.75, 3.05) is 13.2 Å². The molecule has 0 aliphatic rings. The molecule has 1 aromatic rings. The van der Waals surface area contributed by atoms with Gasteiger partial charge in [0.15, 0.2) is 0 Å². The molecular weight excluding hydrogens is 324 g/mol. The average Bonchev–Trinajstić information content (AvgIpc) is 2.45. The van der Waals surface area contributed by atoms with Crippen molar-refractivity contribution in [1.29, 1.82) is 0 Å². The maximum atomic E-state index is 11.8. The van der Waals surface area contributed by atoms with Crippen molar-refractivity contribution in [2.45, 2.75) is 32.0 Å². The average molecular weight is 343 g/mol. The Hall–Kier alpha value is -1.36. The van der Waals surface area contributed by atoms with E-state index in [0.717, 1.165) is 11.1 Å². The Labute approximate surface area is 127 Å². The van der Waals surface area contributed by atoms with Crippen molar-refractivity contribution in [2.24, 2.45) is 0 Å². The van der Waals surface area contributed by atoms with Crippen molar-refractivity contribution >= 4 is 27.9 Å². The van der Waals surface area contributed by atoms with Crippen LogP contribution in [-0.2, 0) is 26.0 Å². The van der Waals surface area contributed by atoms with Crippen molar-refractivity contribution < 1.29 is 19.1 Å². The summed E-state index contributed by atoms with van der Waals surface area (Å²) in [5, 5.41) is 0.564. The van der Waals surface area contributed by atoms with Crippen LogP contribution in [0.1, 0.15) is 41.8 Å². The van der Waals surface area contributed by atoms with E-state index >= 15 is 0 Å². The standard InChI is InChI=1S/C15H19BrO4/c1-3-19-14(17)8-6-11-5-7-13(12(9-11)10-16)15(18)20-4-2/h5,7,9H,3-4,6,8,10H2,1-2H3. The zero-order valence-corrected chi connectivity index (χ0v) is 13.4. The van der Waals surface area contributed by atoms with Crippen LogP contribution in [0.4, 0.5) is 0 Å². The number of carbonyl (C=O) groups is 2. The summed E-state index contributed by atoms with van der Waals surface area (Å²) in [6.07, 6.45) is 0.941. The summed E-state index contributed by atoms with van der Waals surface area (Å²) >= 11 is 3.37. The summed E-state index contributed by atoms with van der Waals surface area (Å²) in [5.74, 6) is -0.527. The molecular formula is C15H19BrO4. The van der Waals surface area contributed by atoms with Gasteiger partial charge < -0.3 is 9.47 Å². The summed E-state index contributed by atoms with van der Waals surface area (Å²) in [4.78, 5) is 23.1. The van der Waals surface area contributed by atoms with Crippen molar-refractivity contribution in [1.82, 2.24) is 0 Å². The lowest BCUT2D eigenvalue weighted by Gasteiger charge is -2.09. The third-order valence-corrected chi connectivity index (χ3v) is 3.34. The van der Waals surface area contributed by atoms with Crippen LogP contribution >= 0.6 is 15.9 Å². The van der Waals surface area contributed by atoms with Gasteiger partial charge >= 0.3 is 11.9 Å². The molecule has 0 heterocycles. The minimum atomic E-state index is -0.320. The highest BCUT2D eigenvalue weighted by Gasteiger charge is 2.13. The number of halogens is 1. The Balaban J connectivity index is 2.76. The molecule has 4 nitrogen and oxygen atoms in total. The van der Waals surface area contributed by atoms with Gasteiger partial charge in [-0.05, 0) is 37.5 Å². The first-order valence-corrected chi connectivity index (χ1v) is 7.75. The summed E-state index contributed by atoms with van der Waals surface area (Å²) in [6, 6.07) is 5.51. The molecule has 0 unspecified atom stereocenters. The first-order valence-electron chi connectivity index (χ1n) is 6.62. The van der Waals surface area contributed by atoms with Gasteiger partial charge in [-0.3, -0.25) is 4.79 Å². The second-order valence-electron chi connectivity index (χ2n) is 4.15. The van der Waals surface area contributed by atoms with Crippen molar-refractivity contribution in [3.8, 4) is 0 Å². The molecule has 0 aliphatic heterocycles. The Morgan fingerprint density at radius 1 is 1.15 bits per heavy atom. The molecule has 0 fully saturated rings. The normalized spacial score (nSPS) is 10.2. The van der Waals surface area contributed by atoms with E-state index in [1.165, 1.54) is 0 Å². The fourth-order valence-electron chi connectivity index (χ4n) is 1.80. The molecule has 0 atom stereocenters. The molecule has 5 heteroatoms. The first-order chi connectivity index (χ1) is 9.62. The Kier molecular flexibility index (Phi) is 7.30. The van der Waals surface area contributed by atoms with Gasteiger partial charge in [-0.1, -0.05) is 28.1 Å². The minimum absolute atomic E-state index is 0.206.